The van der Waals surface area contributed by atoms with Crippen molar-refractivity contribution in [2.45, 2.75) is 26.3 Å². The number of Topliss-reactive ketones (excluding diaryl/α,β-unsaturated/α-hetero) is 1. The molecule has 3 unspecified atom stereocenters. The molecule has 2 heterocycles. The Kier molecular flexibility index (Phi) is 5.39. The van der Waals surface area contributed by atoms with Gasteiger partial charge in [-0.1, -0.05) is 32.6 Å². The molecule has 2 aliphatic rings. The van der Waals surface area contributed by atoms with Gasteiger partial charge >= 0.3 is 5.97 Å². The first kappa shape index (κ1) is 18.1. The lowest BCUT2D eigenvalue weighted by Gasteiger charge is -2.47. The van der Waals surface area contributed by atoms with Gasteiger partial charge in [-0.3, -0.25) is 9.59 Å². The predicted molar refractivity (Wildman–Crippen MR) is 87.5 cm³/mol. The van der Waals surface area contributed by atoms with Crippen molar-refractivity contribution in [2.75, 3.05) is 13.2 Å². The Morgan fingerprint density at radius 3 is 2.58 bits per heavy atom. The van der Waals surface area contributed by atoms with Gasteiger partial charge in [0, 0.05) is 18.3 Å². The number of amides is 1. The largest absolute Gasteiger partial charge is 0.457 e. The summed E-state index contributed by atoms with van der Waals surface area (Å²) >= 11 is 0. The average molecular weight is 333 g/mol. The average Bonchev–Trinajstić information content (AvgIpc) is 2.81. The maximum absolute atomic E-state index is 12.6. The number of carbonyl (C=O) groups excluding carboxylic acids is 3. The van der Waals surface area contributed by atoms with Gasteiger partial charge in [0.25, 0.3) is 0 Å². The Labute approximate surface area is 141 Å². The van der Waals surface area contributed by atoms with Crippen molar-refractivity contribution in [3.8, 4) is 0 Å². The molecule has 2 rings (SSSR count). The van der Waals surface area contributed by atoms with E-state index in [-0.39, 0.29) is 49.0 Å². The fourth-order valence-corrected chi connectivity index (χ4v) is 3.59. The van der Waals surface area contributed by atoms with Gasteiger partial charge in [-0.15, -0.1) is 6.58 Å². The fraction of sp³-hybridized carbons (Fsp3) is 0.500. The minimum absolute atomic E-state index is 0.0276. The highest BCUT2D eigenvalue weighted by atomic mass is 16.5. The molecule has 6 nitrogen and oxygen atoms in total. The lowest BCUT2D eigenvalue weighted by molar-refractivity contribution is -0.162. The summed E-state index contributed by atoms with van der Waals surface area (Å²) in [5.41, 5.74) is 0.592. The summed E-state index contributed by atoms with van der Waals surface area (Å²) in [4.78, 5) is 38.3. The first-order valence-electron chi connectivity index (χ1n) is 7.99. The quantitative estimate of drug-likeness (QED) is 0.410. The minimum atomic E-state index is -0.648. The SMILES string of the molecule is C=CCOC(=O)C1=C(CO)C(C)C2C([C@@H](C)C(=O)CC=C)C(=O)N12. The molecule has 1 amide bonds. The standard InChI is InChI=1S/C18H23NO5/c1-5-7-13(21)11(4)14-15-10(3)12(9-20)16(19(15)17(14)22)18(23)24-8-6-2/h5-6,10-11,14-15,20H,1-2,7-9H2,3-4H3/t10?,11-,14?,15?/m0/s1. The second-order valence-corrected chi connectivity index (χ2v) is 6.18. The van der Waals surface area contributed by atoms with E-state index in [0.717, 1.165) is 0 Å². The molecule has 4 atom stereocenters. The van der Waals surface area contributed by atoms with Gasteiger partial charge in [-0.05, 0) is 5.57 Å². The van der Waals surface area contributed by atoms with Crippen molar-refractivity contribution in [3.63, 3.8) is 0 Å². The molecule has 0 aromatic heterocycles. The van der Waals surface area contributed by atoms with Gasteiger partial charge in [0.15, 0.2) is 0 Å². The Bertz CT molecular complexity index is 621. The van der Waals surface area contributed by atoms with Crippen LogP contribution in [0.5, 0.6) is 0 Å². The topological polar surface area (TPSA) is 83.9 Å². The maximum Gasteiger partial charge on any atom is 0.355 e. The molecule has 24 heavy (non-hydrogen) atoms. The number of β-lactam (4-membered cyclic amide) rings is 1. The minimum Gasteiger partial charge on any atom is -0.457 e. The fourth-order valence-electron chi connectivity index (χ4n) is 3.59. The van der Waals surface area contributed by atoms with Crippen LogP contribution in [0.4, 0.5) is 0 Å². The summed E-state index contributed by atoms with van der Waals surface area (Å²) in [6.45, 7) is 10.3. The predicted octanol–water partition coefficient (Wildman–Crippen LogP) is 1.22. The number of carbonyl (C=O) groups is 3. The maximum atomic E-state index is 12.6. The number of hydrogen-bond acceptors (Lipinski definition) is 5. The van der Waals surface area contributed by atoms with Crippen molar-refractivity contribution in [2.24, 2.45) is 17.8 Å². The highest BCUT2D eigenvalue weighted by molar-refractivity contribution is 6.02. The normalized spacial score (nSPS) is 26.5. The van der Waals surface area contributed by atoms with Gasteiger partial charge in [0.2, 0.25) is 5.91 Å². The molecule has 0 aromatic carbocycles. The van der Waals surface area contributed by atoms with Crippen molar-refractivity contribution < 1.29 is 24.2 Å². The van der Waals surface area contributed by atoms with Crippen LogP contribution in [0.25, 0.3) is 0 Å². The van der Waals surface area contributed by atoms with E-state index < -0.39 is 17.8 Å². The molecule has 130 valence electrons. The van der Waals surface area contributed by atoms with Gasteiger partial charge in [0.05, 0.1) is 18.6 Å². The summed E-state index contributed by atoms with van der Waals surface area (Å²) in [6.07, 6.45) is 3.16. The number of hydrogen-bond donors (Lipinski definition) is 1. The first-order valence-corrected chi connectivity index (χ1v) is 7.99. The molecular formula is C18H23NO5. The number of aliphatic hydroxyl groups is 1. The Balaban J connectivity index is 2.26. The van der Waals surface area contributed by atoms with Crippen LogP contribution in [-0.4, -0.2) is 46.9 Å². The lowest BCUT2D eigenvalue weighted by atomic mass is 9.72. The van der Waals surface area contributed by atoms with E-state index in [1.165, 1.54) is 17.1 Å². The van der Waals surface area contributed by atoms with E-state index in [4.69, 9.17) is 4.74 Å². The van der Waals surface area contributed by atoms with Crippen LogP contribution in [0.15, 0.2) is 36.6 Å². The van der Waals surface area contributed by atoms with Crippen LogP contribution in [0.1, 0.15) is 20.3 Å². The van der Waals surface area contributed by atoms with Crippen molar-refractivity contribution in [1.29, 1.82) is 0 Å². The summed E-state index contributed by atoms with van der Waals surface area (Å²) in [5, 5.41) is 9.65. The Morgan fingerprint density at radius 2 is 2.04 bits per heavy atom. The number of ketones is 1. The molecular weight excluding hydrogens is 310 g/mol. The van der Waals surface area contributed by atoms with Crippen LogP contribution >= 0.6 is 0 Å². The third-order valence-corrected chi connectivity index (χ3v) is 4.88. The van der Waals surface area contributed by atoms with Crippen molar-refractivity contribution in [1.82, 2.24) is 4.90 Å². The van der Waals surface area contributed by atoms with E-state index in [9.17, 15) is 19.5 Å². The molecule has 2 aliphatic heterocycles. The van der Waals surface area contributed by atoms with Crippen LogP contribution in [0, 0.1) is 17.8 Å². The molecule has 0 saturated carbocycles. The number of nitrogens with zero attached hydrogens (tertiary/aromatic N) is 1. The van der Waals surface area contributed by atoms with E-state index in [1.807, 2.05) is 6.92 Å². The van der Waals surface area contributed by atoms with Gasteiger partial charge in [-0.25, -0.2) is 4.79 Å². The van der Waals surface area contributed by atoms with Gasteiger partial charge in [0.1, 0.15) is 18.1 Å². The first-order chi connectivity index (χ1) is 11.4. The summed E-state index contributed by atoms with van der Waals surface area (Å²) in [7, 11) is 0. The Morgan fingerprint density at radius 1 is 1.38 bits per heavy atom. The van der Waals surface area contributed by atoms with Crippen LogP contribution in [-0.2, 0) is 19.1 Å². The van der Waals surface area contributed by atoms with Crippen molar-refractivity contribution >= 4 is 17.7 Å². The Hall–Kier alpha value is -2.21. The molecule has 1 N–H and O–H groups in total. The molecule has 0 aliphatic carbocycles. The molecule has 1 saturated heterocycles. The molecule has 0 aromatic rings. The smallest absolute Gasteiger partial charge is 0.355 e. The number of rotatable bonds is 8. The summed E-state index contributed by atoms with van der Waals surface area (Å²) < 4.78 is 5.04. The number of ether oxygens (including phenoxy) is 1. The van der Waals surface area contributed by atoms with Crippen LogP contribution in [0.3, 0.4) is 0 Å². The zero-order chi connectivity index (χ0) is 18.0. The number of aliphatic hydroxyl groups excluding tert-OH is 1. The molecule has 6 heteroatoms. The van der Waals surface area contributed by atoms with Crippen molar-refractivity contribution in [3.05, 3.63) is 36.6 Å². The highest BCUT2D eigenvalue weighted by Crippen LogP contribution is 2.48. The lowest BCUT2D eigenvalue weighted by Crippen LogP contribution is -2.63. The highest BCUT2D eigenvalue weighted by Gasteiger charge is 2.60. The summed E-state index contributed by atoms with van der Waals surface area (Å²) in [5.74, 6) is -2.12. The van der Waals surface area contributed by atoms with E-state index in [1.54, 1.807) is 6.92 Å². The zero-order valence-corrected chi connectivity index (χ0v) is 14.0. The van der Waals surface area contributed by atoms with E-state index in [0.29, 0.717) is 5.57 Å². The van der Waals surface area contributed by atoms with Crippen LogP contribution < -0.4 is 0 Å². The molecule has 1 fully saturated rings. The molecule has 0 bridgehead atoms. The second-order valence-electron chi connectivity index (χ2n) is 6.18. The van der Waals surface area contributed by atoms with Gasteiger partial charge < -0.3 is 14.7 Å². The molecule has 0 radical (unpaired) electrons. The summed E-state index contributed by atoms with van der Waals surface area (Å²) in [6, 6.07) is -0.297. The van der Waals surface area contributed by atoms with Gasteiger partial charge in [-0.2, -0.15) is 0 Å². The monoisotopic (exact) mass is 333 g/mol. The van der Waals surface area contributed by atoms with E-state index in [2.05, 4.69) is 13.2 Å². The number of fused-ring (bicyclic) bond motifs is 1. The van der Waals surface area contributed by atoms with E-state index >= 15 is 0 Å². The molecule has 0 spiro atoms. The number of esters is 1. The third-order valence-electron chi connectivity index (χ3n) is 4.88. The number of allylic oxidation sites excluding steroid dienone is 1. The third kappa shape index (κ3) is 2.71. The second kappa shape index (κ2) is 7.13. The zero-order valence-electron chi connectivity index (χ0n) is 14.0. The van der Waals surface area contributed by atoms with Crippen LogP contribution in [0.2, 0.25) is 0 Å².